The maximum absolute atomic E-state index is 11.5. The van der Waals surface area contributed by atoms with E-state index in [4.69, 9.17) is 0 Å². The van der Waals surface area contributed by atoms with Crippen LogP contribution >= 0.6 is 0 Å². The summed E-state index contributed by atoms with van der Waals surface area (Å²) < 4.78 is 0. The van der Waals surface area contributed by atoms with Crippen LogP contribution in [0.15, 0.2) is 0 Å². The highest BCUT2D eigenvalue weighted by Gasteiger charge is 2.40. The molecule has 0 radical (unpaired) electrons. The van der Waals surface area contributed by atoms with Crippen LogP contribution < -0.4 is 5.32 Å². The first-order valence-electron chi connectivity index (χ1n) is 7.12. The molecule has 1 aliphatic carbocycles. The minimum absolute atomic E-state index is 0.434. The molecule has 1 unspecified atom stereocenters. The summed E-state index contributed by atoms with van der Waals surface area (Å²) in [6.45, 7) is 7.24. The van der Waals surface area contributed by atoms with Crippen molar-refractivity contribution in [3.05, 3.63) is 0 Å². The lowest BCUT2D eigenvalue weighted by Gasteiger charge is -2.31. The summed E-state index contributed by atoms with van der Waals surface area (Å²) in [5.41, 5.74) is -0.709. The molecule has 0 aliphatic heterocycles. The predicted molar refractivity (Wildman–Crippen MR) is 73.8 cm³/mol. The molecule has 0 heterocycles. The molecule has 1 aliphatic rings. The van der Waals surface area contributed by atoms with E-state index >= 15 is 0 Å². The van der Waals surface area contributed by atoms with Gasteiger partial charge in [-0.15, -0.1) is 0 Å². The second kappa shape index (κ2) is 6.53. The van der Waals surface area contributed by atoms with E-state index in [1.165, 1.54) is 0 Å². The summed E-state index contributed by atoms with van der Waals surface area (Å²) in [4.78, 5) is 13.8. The first-order chi connectivity index (χ1) is 8.41. The van der Waals surface area contributed by atoms with E-state index in [1.807, 2.05) is 6.92 Å². The van der Waals surface area contributed by atoms with Crippen LogP contribution in [-0.4, -0.2) is 47.2 Å². The van der Waals surface area contributed by atoms with Gasteiger partial charge in [0.2, 0.25) is 0 Å². The topological polar surface area (TPSA) is 52.6 Å². The number of hydrogen-bond acceptors (Lipinski definition) is 3. The van der Waals surface area contributed by atoms with Crippen molar-refractivity contribution in [1.29, 1.82) is 0 Å². The number of carboxylic acids is 1. The van der Waals surface area contributed by atoms with Crippen LogP contribution in [0.4, 0.5) is 0 Å². The zero-order valence-corrected chi connectivity index (χ0v) is 12.2. The maximum Gasteiger partial charge on any atom is 0.323 e. The first-order valence-corrected chi connectivity index (χ1v) is 7.12. The van der Waals surface area contributed by atoms with Crippen molar-refractivity contribution in [2.24, 2.45) is 0 Å². The van der Waals surface area contributed by atoms with E-state index < -0.39 is 11.5 Å². The average Bonchev–Trinajstić information content (AvgIpc) is 3.10. The summed E-state index contributed by atoms with van der Waals surface area (Å²) in [5, 5.41) is 12.8. The quantitative estimate of drug-likeness (QED) is 0.663. The molecule has 1 fully saturated rings. The molecule has 0 aromatic carbocycles. The Bertz CT molecular complexity index is 277. The number of nitrogens with one attached hydrogen (secondary N) is 1. The van der Waals surface area contributed by atoms with Gasteiger partial charge in [-0.2, -0.15) is 0 Å². The summed E-state index contributed by atoms with van der Waals surface area (Å²) >= 11 is 0. The standard InChI is InChI=1S/C14H28N2O2/c1-5-14(13(17)18,15-12-7-8-12)9-6-10-16(4)11(2)3/h11-12,15H,5-10H2,1-4H3,(H,17,18). The molecule has 0 saturated heterocycles. The lowest BCUT2D eigenvalue weighted by Crippen LogP contribution is -2.53. The molecule has 1 atom stereocenters. The zero-order valence-electron chi connectivity index (χ0n) is 12.2. The molecule has 0 aromatic heterocycles. The van der Waals surface area contributed by atoms with Gasteiger partial charge < -0.3 is 10.0 Å². The predicted octanol–water partition coefficient (Wildman–Crippen LogP) is 2.09. The molecule has 2 N–H and O–H groups in total. The van der Waals surface area contributed by atoms with E-state index in [-0.39, 0.29) is 0 Å². The molecule has 4 nitrogen and oxygen atoms in total. The van der Waals surface area contributed by atoms with Gasteiger partial charge in [-0.1, -0.05) is 6.92 Å². The minimum atomic E-state index is -0.709. The maximum atomic E-state index is 11.5. The summed E-state index contributed by atoms with van der Waals surface area (Å²) in [5.74, 6) is -0.691. The average molecular weight is 256 g/mol. The van der Waals surface area contributed by atoms with Gasteiger partial charge in [0.05, 0.1) is 0 Å². The monoisotopic (exact) mass is 256 g/mol. The summed E-state index contributed by atoms with van der Waals surface area (Å²) in [6, 6.07) is 0.950. The lowest BCUT2D eigenvalue weighted by atomic mass is 9.90. The van der Waals surface area contributed by atoms with Crippen molar-refractivity contribution in [2.75, 3.05) is 13.6 Å². The van der Waals surface area contributed by atoms with Crippen LogP contribution in [-0.2, 0) is 4.79 Å². The minimum Gasteiger partial charge on any atom is -0.480 e. The van der Waals surface area contributed by atoms with Gasteiger partial charge in [0.15, 0.2) is 0 Å². The van der Waals surface area contributed by atoms with Gasteiger partial charge in [0.25, 0.3) is 0 Å². The smallest absolute Gasteiger partial charge is 0.323 e. The number of nitrogens with zero attached hydrogens (tertiary/aromatic N) is 1. The van der Waals surface area contributed by atoms with Crippen LogP contribution in [0.3, 0.4) is 0 Å². The normalized spacial score (nSPS) is 19.2. The van der Waals surface area contributed by atoms with Crippen molar-refractivity contribution in [3.8, 4) is 0 Å². The fraction of sp³-hybridized carbons (Fsp3) is 0.929. The van der Waals surface area contributed by atoms with Crippen molar-refractivity contribution in [2.45, 2.75) is 70.5 Å². The van der Waals surface area contributed by atoms with E-state index in [9.17, 15) is 9.90 Å². The van der Waals surface area contributed by atoms with Gasteiger partial charge in [-0.3, -0.25) is 10.1 Å². The van der Waals surface area contributed by atoms with E-state index in [0.717, 1.165) is 25.8 Å². The third-order valence-electron chi connectivity index (χ3n) is 4.07. The SMILES string of the molecule is CCC(CCCN(C)C(C)C)(NC1CC1)C(=O)O. The Labute approximate surface area is 111 Å². The molecule has 4 heteroatoms. The Hall–Kier alpha value is -0.610. The number of hydrogen-bond donors (Lipinski definition) is 2. The van der Waals surface area contributed by atoms with Gasteiger partial charge in [0, 0.05) is 12.1 Å². The molecule has 1 rings (SSSR count). The van der Waals surface area contributed by atoms with Gasteiger partial charge in [-0.05, 0) is 59.5 Å². The van der Waals surface area contributed by atoms with Crippen molar-refractivity contribution >= 4 is 5.97 Å². The van der Waals surface area contributed by atoms with Crippen molar-refractivity contribution < 1.29 is 9.90 Å². The van der Waals surface area contributed by atoms with E-state index in [0.29, 0.717) is 24.9 Å². The van der Waals surface area contributed by atoms with Gasteiger partial charge >= 0.3 is 5.97 Å². The third kappa shape index (κ3) is 4.25. The number of carboxylic acid groups (broad SMARTS) is 1. The highest BCUT2D eigenvalue weighted by atomic mass is 16.4. The molecule has 18 heavy (non-hydrogen) atoms. The van der Waals surface area contributed by atoms with Gasteiger partial charge in [0.1, 0.15) is 5.54 Å². The van der Waals surface area contributed by atoms with Crippen LogP contribution in [0.2, 0.25) is 0 Å². The Morgan fingerprint density at radius 3 is 2.50 bits per heavy atom. The summed E-state index contributed by atoms with van der Waals surface area (Å²) in [6.07, 6.45) is 4.55. The van der Waals surface area contributed by atoms with Crippen LogP contribution in [0.25, 0.3) is 0 Å². The fourth-order valence-corrected chi connectivity index (χ4v) is 2.18. The Balaban J connectivity index is 2.47. The Morgan fingerprint density at radius 1 is 1.50 bits per heavy atom. The zero-order chi connectivity index (χ0) is 13.8. The van der Waals surface area contributed by atoms with E-state index in [1.54, 1.807) is 0 Å². The molecular weight excluding hydrogens is 228 g/mol. The number of carbonyl (C=O) groups is 1. The highest BCUT2D eigenvalue weighted by molar-refractivity contribution is 5.78. The third-order valence-corrected chi connectivity index (χ3v) is 4.07. The largest absolute Gasteiger partial charge is 0.480 e. The number of rotatable bonds is 9. The molecule has 0 bridgehead atoms. The van der Waals surface area contributed by atoms with Crippen molar-refractivity contribution in [1.82, 2.24) is 10.2 Å². The van der Waals surface area contributed by atoms with Crippen molar-refractivity contribution in [3.63, 3.8) is 0 Å². The Kier molecular flexibility index (Phi) is 5.60. The summed E-state index contributed by atoms with van der Waals surface area (Å²) in [7, 11) is 2.09. The molecular formula is C14H28N2O2. The van der Waals surface area contributed by atoms with Crippen LogP contribution in [0, 0.1) is 0 Å². The number of aliphatic carboxylic acids is 1. The highest BCUT2D eigenvalue weighted by Crippen LogP contribution is 2.27. The lowest BCUT2D eigenvalue weighted by molar-refractivity contribution is -0.145. The fourth-order valence-electron chi connectivity index (χ4n) is 2.18. The molecule has 0 spiro atoms. The molecule has 1 saturated carbocycles. The second-order valence-electron chi connectivity index (χ2n) is 5.84. The van der Waals surface area contributed by atoms with Gasteiger partial charge in [-0.25, -0.2) is 0 Å². The van der Waals surface area contributed by atoms with Crippen LogP contribution in [0.5, 0.6) is 0 Å². The Morgan fingerprint density at radius 2 is 2.11 bits per heavy atom. The molecule has 0 amide bonds. The first kappa shape index (κ1) is 15.4. The molecule has 106 valence electrons. The van der Waals surface area contributed by atoms with Crippen LogP contribution in [0.1, 0.15) is 52.9 Å². The second-order valence-corrected chi connectivity index (χ2v) is 5.84. The molecule has 0 aromatic rings. The van der Waals surface area contributed by atoms with E-state index in [2.05, 4.69) is 31.1 Å².